The minimum Gasteiger partial charge on any atom is -0.196 e. The van der Waals surface area contributed by atoms with E-state index in [1.54, 1.807) is 0 Å². The van der Waals surface area contributed by atoms with Crippen LogP contribution in [0.3, 0.4) is 0 Å². The molecule has 22 heteroatoms. The van der Waals surface area contributed by atoms with Crippen molar-refractivity contribution >= 4 is 82.6 Å². The van der Waals surface area contributed by atoms with E-state index in [9.17, 15) is 70.2 Å². The largest absolute Gasteiger partial charge is 0.448 e. The summed E-state index contributed by atoms with van der Waals surface area (Å²) in [5.74, 6) is -3.33. The zero-order valence-electron chi connectivity index (χ0n) is 13.8. The molecule has 0 bridgehead atoms. The van der Waals surface area contributed by atoms with Crippen LogP contribution in [0.25, 0.3) is 0 Å². The molecule has 0 unspecified atom stereocenters. The maximum Gasteiger partial charge on any atom is 0.448 e. The van der Waals surface area contributed by atoms with Crippen LogP contribution in [0.1, 0.15) is 0 Å². The van der Waals surface area contributed by atoms with E-state index in [2.05, 4.69) is 66.7 Å². The van der Waals surface area contributed by atoms with Gasteiger partial charge in [0.05, 0.1) is 0 Å². The summed E-state index contributed by atoms with van der Waals surface area (Å²) in [5.41, 5.74) is 0. The number of rotatable bonds is 0. The van der Waals surface area contributed by atoms with Gasteiger partial charge in [0.15, 0.2) is 0 Å². The molecule has 0 saturated heterocycles. The summed E-state index contributed by atoms with van der Waals surface area (Å²) in [7, 11) is 0. The summed E-state index contributed by atoms with van der Waals surface area (Å²) in [6.45, 7) is 0. The highest BCUT2D eigenvalue weighted by Crippen LogP contribution is 2.29. The van der Waals surface area contributed by atoms with Crippen LogP contribution in [0.5, 0.6) is 0 Å². The number of allylic oxidation sites excluding steroid dienone is 1. The van der Waals surface area contributed by atoms with E-state index in [0.29, 0.717) is 0 Å². The van der Waals surface area contributed by atoms with Crippen LogP contribution < -0.4 is 0 Å². The van der Waals surface area contributed by atoms with Crippen LogP contribution in [-0.4, -0.2) is 6.18 Å². The lowest BCUT2D eigenvalue weighted by atomic mass is 10.6. The van der Waals surface area contributed by atoms with E-state index in [0.717, 1.165) is 0 Å². The minimum absolute atomic E-state index is 1.01. The van der Waals surface area contributed by atoms with Gasteiger partial charge < -0.3 is 0 Å². The first kappa shape index (κ1) is 43.0. The van der Waals surface area contributed by atoms with Crippen molar-refractivity contribution in [2.75, 3.05) is 0 Å². The molecule has 0 atom stereocenters. The molecule has 0 fully saturated rings. The lowest BCUT2D eigenvalue weighted by Gasteiger charge is -1.98. The fourth-order valence-corrected chi connectivity index (χ4v) is 0.107. The van der Waals surface area contributed by atoms with Gasteiger partial charge in [0.1, 0.15) is 0 Å². The molecule has 0 aliphatic heterocycles. The minimum atomic E-state index is -5.56. The second kappa shape index (κ2) is 23.6. The Morgan fingerprint density at radius 2 is 0.636 bits per heavy atom. The normalized spacial score (nSPS) is 11.1. The first-order valence-corrected chi connectivity index (χ1v) is 9.17. The van der Waals surface area contributed by atoms with Crippen LogP contribution in [0.15, 0.2) is 54.1 Å². The van der Waals surface area contributed by atoms with Gasteiger partial charge in [-0.2, -0.15) is 70.2 Å². The summed E-state index contributed by atoms with van der Waals surface area (Å²) >= 11 is 19.1. The number of hydrogen-bond donors (Lipinski definition) is 0. The van der Waals surface area contributed by atoms with E-state index in [1.807, 2.05) is 15.9 Å². The molecule has 198 valence electrons. The van der Waals surface area contributed by atoms with E-state index >= 15 is 0 Å². The summed E-state index contributed by atoms with van der Waals surface area (Å²) in [5, 5.41) is -4.94. The SMILES string of the molecule is FC(Br)=C(F)Br.FC(Cl)=C(F)Cl.FC(F)=C(F)Br.FC(F)=C(F)C(F)(F)F.FC(F)=C(F)Cl. The lowest BCUT2D eigenvalue weighted by Crippen LogP contribution is -2.08. The summed E-state index contributed by atoms with van der Waals surface area (Å²) in [6.07, 6.45) is -13.7. The third kappa shape index (κ3) is 42.5. The Kier molecular flexibility index (Phi) is 30.8. The molecule has 0 aliphatic rings. The molecule has 0 aromatic carbocycles. The first-order chi connectivity index (χ1) is 14.4. The molecule has 0 rings (SSSR count). The fraction of sp³-hybridized carbons (Fsp3) is 0.0909. The highest BCUT2D eigenvalue weighted by molar-refractivity contribution is 9.14. The summed E-state index contributed by atoms with van der Waals surface area (Å²) < 4.78 is 169. The van der Waals surface area contributed by atoms with Gasteiger partial charge in [-0.25, -0.2) is 0 Å². The lowest BCUT2D eigenvalue weighted by molar-refractivity contribution is -0.113. The van der Waals surface area contributed by atoms with Crippen molar-refractivity contribution in [1.29, 1.82) is 0 Å². The van der Waals surface area contributed by atoms with Gasteiger partial charge in [0.2, 0.25) is 24.8 Å². The maximum absolute atomic E-state index is 11.2. The standard InChI is InChI=1S/C3F6.C2Br2F2.C2BrF3.C2Cl2F2.C2ClF3/c4-1(2(5)6)3(7,8)9;3-1(5)2(4)6;3-1(4)2(5)6;3-1(5)2(4)6;3-1(4)2(5)6. The highest BCUT2D eigenvalue weighted by atomic mass is 79.9. The van der Waals surface area contributed by atoms with E-state index in [-0.39, 0.29) is 0 Å². The van der Waals surface area contributed by atoms with Crippen molar-refractivity contribution < 1.29 is 70.2 Å². The fourth-order valence-electron chi connectivity index (χ4n) is 0.107. The number of hydrogen-bond acceptors (Lipinski definition) is 0. The van der Waals surface area contributed by atoms with Crippen LogP contribution in [0, 0.1) is 0 Å². The molecule has 0 saturated carbocycles. The van der Waals surface area contributed by atoms with E-state index < -0.39 is 60.3 Å². The molecule has 0 nitrogen and oxygen atoms in total. The van der Waals surface area contributed by atoms with Crippen LogP contribution >= 0.6 is 82.6 Å². The Hall–Kier alpha value is -0.110. The third-order valence-corrected chi connectivity index (χ3v) is 3.09. The zero-order valence-corrected chi connectivity index (χ0v) is 20.8. The Morgan fingerprint density at radius 3 is 0.636 bits per heavy atom. The zero-order chi connectivity index (χ0) is 28.3. The monoisotopic (exact) mass is 778 g/mol. The molecule has 0 aromatic rings. The Morgan fingerprint density at radius 1 is 0.424 bits per heavy atom. The van der Waals surface area contributed by atoms with E-state index in [4.69, 9.17) is 0 Å². The molecule has 0 aliphatic carbocycles. The number of alkyl halides is 3. The molecular weight excluding hydrogens is 782 g/mol. The van der Waals surface area contributed by atoms with Gasteiger partial charge >= 0.3 is 24.4 Å². The molecule has 0 aromatic heterocycles. The van der Waals surface area contributed by atoms with E-state index in [1.165, 1.54) is 0 Å². The molecular formula is C11Br3Cl3F16. The third-order valence-electron chi connectivity index (χ3n) is 0.986. The second-order valence-electron chi connectivity index (χ2n) is 3.16. The highest BCUT2D eigenvalue weighted by Gasteiger charge is 2.38. The summed E-state index contributed by atoms with van der Waals surface area (Å²) in [6, 6.07) is 0. The molecule has 0 amide bonds. The Labute approximate surface area is 212 Å². The van der Waals surface area contributed by atoms with Crippen LogP contribution in [-0.2, 0) is 0 Å². The van der Waals surface area contributed by atoms with Gasteiger partial charge in [0, 0.05) is 0 Å². The van der Waals surface area contributed by atoms with Crippen molar-refractivity contribution in [1.82, 2.24) is 0 Å². The van der Waals surface area contributed by atoms with Gasteiger partial charge in [0.25, 0.3) is 11.1 Å². The molecule has 0 heterocycles. The number of halogens is 22. The van der Waals surface area contributed by atoms with Crippen molar-refractivity contribution in [3.63, 3.8) is 0 Å². The smallest absolute Gasteiger partial charge is 0.196 e. The molecule has 0 spiro atoms. The quantitative estimate of drug-likeness (QED) is 0.215. The average molecular weight is 782 g/mol. The average Bonchev–Trinajstić information content (AvgIpc) is 2.61. The van der Waals surface area contributed by atoms with Crippen molar-refractivity contribution in [2.24, 2.45) is 0 Å². The van der Waals surface area contributed by atoms with Gasteiger partial charge in [-0.1, -0.05) is 0 Å². The van der Waals surface area contributed by atoms with Crippen molar-refractivity contribution in [2.45, 2.75) is 6.18 Å². The molecule has 0 radical (unpaired) electrons. The van der Waals surface area contributed by atoms with Gasteiger partial charge in [-0.05, 0) is 82.6 Å². The van der Waals surface area contributed by atoms with Gasteiger partial charge in [-0.15, -0.1) is 0 Å². The topological polar surface area (TPSA) is 0 Å². The van der Waals surface area contributed by atoms with Gasteiger partial charge in [-0.3, -0.25) is 0 Å². The Balaban J connectivity index is -0.000000100. The Bertz CT molecular complexity index is 565. The molecule has 0 N–H and O–H groups in total. The predicted octanol–water partition coefficient (Wildman–Crippen LogP) is 12.7. The first-order valence-electron chi connectivity index (χ1n) is 5.66. The van der Waals surface area contributed by atoms with Crippen molar-refractivity contribution in [3.05, 3.63) is 54.1 Å². The maximum atomic E-state index is 11.2. The predicted molar refractivity (Wildman–Crippen MR) is 99.9 cm³/mol. The summed E-state index contributed by atoms with van der Waals surface area (Å²) in [4.78, 5) is 0. The second-order valence-corrected chi connectivity index (χ2v) is 6.24. The molecule has 33 heavy (non-hydrogen) atoms. The van der Waals surface area contributed by atoms with Crippen LogP contribution in [0.4, 0.5) is 70.2 Å². The van der Waals surface area contributed by atoms with Crippen LogP contribution in [0.2, 0.25) is 0 Å². The van der Waals surface area contributed by atoms with Crippen molar-refractivity contribution in [3.8, 4) is 0 Å².